The van der Waals surface area contributed by atoms with E-state index in [0.29, 0.717) is 11.9 Å². The number of nitrogens with one attached hydrogen (secondary N) is 1. The Labute approximate surface area is 111 Å². The first kappa shape index (κ1) is 14.8. The van der Waals surface area contributed by atoms with Gasteiger partial charge in [-0.1, -0.05) is 28.1 Å². The lowest BCUT2D eigenvalue weighted by Gasteiger charge is -2.19. The number of halogens is 4. The molecule has 0 aliphatic heterocycles. The molecule has 0 radical (unpaired) electrons. The summed E-state index contributed by atoms with van der Waals surface area (Å²) in [5.74, 6) is 0. The van der Waals surface area contributed by atoms with E-state index in [0.717, 1.165) is 6.07 Å². The molecule has 0 atom stereocenters. The van der Waals surface area contributed by atoms with Crippen LogP contribution in [-0.2, 0) is 6.18 Å². The lowest BCUT2D eigenvalue weighted by atomic mass is 10.1. The maximum Gasteiger partial charge on any atom is 0.418 e. The summed E-state index contributed by atoms with van der Waals surface area (Å²) in [5, 5.41) is 2.80. The SMILES string of the molecule is CN(CCBr)C(=O)Nc1ccccc1C(F)(F)F. The second-order valence-electron chi connectivity index (χ2n) is 3.58. The van der Waals surface area contributed by atoms with Gasteiger partial charge in [0.1, 0.15) is 0 Å². The lowest BCUT2D eigenvalue weighted by Crippen LogP contribution is -2.33. The third-order valence-electron chi connectivity index (χ3n) is 2.24. The van der Waals surface area contributed by atoms with E-state index in [1.807, 2.05) is 0 Å². The highest BCUT2D eigenvalue weighted by molar-refractivity contribution is 9.09. The van der Waals surface area contributed by atoms with Crippen LogP contribution >= 0.6 is 15.9 Å². The molecule has 0 aliphatic carbocycles. The van der Waals surface area contributed by atoms with Crippen molar-refractivity contribution in [2.24, 2.45) is 0 Å². The van der Waals surface area contributed by atoms with Crippen molar-refractivity contribution in [3.63, 3.8) is 0 Å². The third-order valence-corrected chi connectivity index (χ3v) is 2.60. The normalized spacial score (nSPS) is 11.2. The summed E-state index contributed by atoms with van der Waals surface area (Å²) in [6.07, 6.45) is -4.49. The zero-order chi connectivity index (χ0) is 13.8. The second-order valence-corrected chi connectivity index (χ2v) is 4.38. The van der Waals surface area contributed by atoms with Gasteiger partial charge in [-0.05, 0) is 12.1 Å². The maximum absolute atomic E-state index is 12.7. The molecule has 0 saturated carbocycles. The van der Waals surface area contributed by atoms with Crippen LogP contribution in [0.5, 0.6) is 0 Å². The largest absolute Gasteiger partial charge is 0.418 e. The number of anilines is 1. The Morgan fingerprint density at radius 1 is 1.39 bits per heavy atom. The molecule has 0 aliphatic rings. The highest BCUT2D eigenvalue weighted by atomic mass is 79.9. The van der Waals surface area contributed by atoms with Gasteiger partial charge in [0.05, 0.1) is 11.3 Å². The van der Waals surface area contributed by atoms with E-state index in [4.69, 9.17) is 0 Å². The molecule has 1 aromatic carbocycles. The molecule has 18 heavy (non-hydrogen) atoms. The van der Waals surface area contributed by atoms with Crippen LogP contribution in [0.3, 0.4) is 0 Å². The maximum atomic E-state index is 12.7. The van der Waals surface area contributed by atoms with Crippen LogP contribution in [0.1, 0.15) is 5.56 Å². The van der Waals surface area contributed by atoms with Gasteiger partial charge in [-0.3, -0.25) is 0 Å². The van der Waals surface area contributed by atoms with Gasteiger partial charge in [-0.15, -0.1) is 0 Å². The molecular formula is C11H12BrF3N2O. The molecule has 0 spiro atoms. The fourth-order valence-electron chi connectivity index (χ4n) is 1.28. The summed E-state index contributed by atoms with van der Waals surface area (Å²) in [6.45, 7) is 0.403. The summed E-state index contributed by atoms with van der Waals surface area (Å²) in [4.78, 5) is 12.9. The molecule has 0 saturated heterocycles. The molecule has 7 heteroatoms. The number of amides is 2. The van der Waals surface area contributed by atoms with Crippen molar-refractivity contribution in [3.05, 3.63) is 29.8 Å². The second kappa shape index (κ2) is 6.08. The van der Waals surface area contributed by atoms with Crippen LogP contribution in [0.4, 0.5) is 23.7 Å². The minimum Gasteiger partial charge on any atom is -0.327 e. The molecule has 0 bridgehead atoms. The Morgan fingerprint density at radius 2 is 2.00 bits per heavy atom. The van der Waals surface area contributed by atoms with Crippen LogP contribution in [0, 0.1) is 0 Å². The van der Waals surface area contributed by atoms with E-state index in [1.165, 1.54) is 30.1 Å². The molecule has 0 unspecified atom stereocenters. The minimum atomic E-state index is -4.49. The highest BCUT2D eigenvalue weighted by Gasteiger charge is 2.33. The predicted octanol–water partition coefficient (Wildman–Crippen LogP) is 3.56. The zero-order valence-corrected chi connectivity index (χ0v) is 11.2. The van der Waals surface area contributed by atoms with Gasteiger partial charge in [-0.25, -0.2) is 4.79 Å². The number of urea groups is 1. The predicted molar refractivity (Wildman–Crippen MR) is 66.9 cm³/mol. The van der Waals surface area contributed by atoms with E-state index < -0.39 is 17.8 Å². The lowest BCUT2D eigenvalue weighted by molar-refractivity contribution is -0.136. The number of hydrogen-bond donors (Lipinski definition) is 1. The van der Waals surface area contributed by atoms with Crippen molar-refractivity contribution in [2.45, 2.75) is 6.18 Å². The standard InChI is InChI=1S/C11H12BrF3N2O/c1-17(7-6-12)10(18)16-9-5-3-2-4-8(9)11(13,14)15/h2-5H,6-7H2,1H3,(H,16,18). The summed E-state index contributed by atoms with van der Waals surface area (Å²) < 4.78 is 38.0. The molecule has 0 aromatic heterocycles. The molecule has 100 valence electrons. The molecule has 0 fully saturated rings. The molecule has 1 rings (SSSR count). The first-order valence-corrected chi connectivity index (χ1v) is 6.22. The fraction of sp³-hybridized carbons (Fsp3) is 0.364. The molecule has 2 amide bonds. The van der Waals surface area contributed by atoms with E-state index in [1.54, 1.807) is 0 Å². The number of carbonyl (C=O) groups is 1. The van der Waals surface area contributed by atoms with Crippen LogP contribution in [0.2, 0.25) is 0 Å². The third kappa shape index (κ3) is 3.90. The number of carbonyl (C=O) groups excluding carboxylic acids is 1. The smallest absolute Gasteiger partial charge is 0.327 e. The van der Waals surface area contributed by atoms with E-state index in [2.05, 4.69) is 21.2 Å². The number of benzene rings is 1. The van der Waals surface area contributed by atoms with Crippen LogP contribution in [0.15, 0.2) is 24.3 Å². The van der Waals surface area contributed by atoms with Gasteiger partial charge in [0.15, 0.2) is 0 Å². The number of alkyl halides is 4. The average molecular weight is 325 g/mol. The van der Waals surface area contributed by atoms with Crippen molar-refractivity contribution < 1.29 is 18.0 Å². The van der Waals surface area contributed by atoms with E-state index in [9.17, 15) is 18.0 Å². The zero-order valence-electron chi connectivity index (χ0n) is 9.59. The van der Waals surface area contributed by atoms with Gasteiger partial charge >= 0.3 is 12.2 Å². The summed E-state index contributed by atoms with van der Waals surface area (Å²) in [7, 11) is 1.51. The Balaban J connectivity index is 2.88. The molecule has 0 heterocycles. The van der Waals surface area contributed by atoms with Crippen LogP contribution < -0.4 is 5.32 Å². The molecule has 3 nitrogen and oxygen atoms in total. The van der Waals surface area contributed by atoms with Crippen molar-refractivity contribution >= 4 is 27.6 Å². The minimum absolute atomic E-state index is 0.239. The molecule has 1 N–H and O–H groups in total. The monoisotopic (exact) mass is 324 g/mol. The van der Waals surface area contributed by atoms with Crippen molar-refractivity contribution in [2.75, 3.05) is 24.2 Å². The number of hydrogen-bond acceptors (Lipinski definition) is 1. The first-order chi connectivity index (χ1) is 8.36. The first-order valence-electron chi connectivity index (χ1n) is 5.10. The quantitative estimate of drug-likeness (QED) is 0.847. The summed E-state index contributed by atoms with van der Waals surface area (Å²) in [6, 6.07) is 4.30. The summed E-state index contributed by atoms with van der Waals surface area (Å²) in [5.41, 5.74) is -1.10. The van der Waals surface area contributed by atoms with E-state index >= 15 is 0 Å². The number of nitrogens with zero attached hydrogens (tertiary/aromatic N) is 1. The van der Waals surface area contributed by atoms with Crippen molar-refractivity contribution in [1.82, 2.24) is 4.90 Å². The van der Waals surface area contributed by atoms with Gasteiger partial charge < -0.3 is 10.2 Å². The van der Waals surface area contributed by atoms with Gasteiger partial charge in [-0.2, -0.15) is 13.2 Å². The highest BCUT2D eigenvalue weighted by Crippen LogP contribution is 2.34. The van der Waals surface area contributed by atoms with Gasteiger partial charge in [0, 0.05) is 18.9 Å². The van der Waals surface area contributed by atoms with Crippen molar-refractivity contribution in [3.8, 4) is 0 Å². The fourth-order valence-corrected chi connectivity index (χ4v) is 1.81. The van der Waals surface area contributed by atoms with Crippen molar-refractivity contribution in [1.29, 1.82) is 0 Å². The van der Waals surface area contributed by atoms with Gasteiger partial charge in [0.2, 0.25) is 0 Å². The number of para-hydroxylation sites is 1. The Morgan fingerprint density at radius 3 is 2.56 bits per heavy atom. The summed E-state index contributed by atoms with van der Waals surface area (Å²) >= 11 is 3.15. The Bertz CT molecular complexity index is 423. The average Bonchev–Trinajstić information content (AvgIpc) is 2.28. The number of rotatable bonds is 3. The Kier molecular flexibility index (Phi) is 5.01. The molecular weight excluding hydrogens is 313 g/mol. The van der Waals surface area contributed by atoms with Crippen LogP contribution in [0.25, 0.3) is 0 Å². The van der Waals surface area contributed by atoms with Crippen LogP contribution in [-0.4, -0.2) is 29.9 Å². The topological polar surface area (TPSA) is 32.3 Å². The molecule has 1 aromatic rings. The van der Waals surface area contributed by atoms with Gasteiger partial charge in [0.25, 0.3) is 0 Å². The van der Waals surface area contributed by atoms with E-state index in [-0.39, 0.29) is 5.69 Å². The Hall–Kier alpha value is -1.24.